The molecule has 248 valence electrons. The van der Waals surface area contributed by atoms with Gasteiger partial charge in [-0.3, -0.25) is 23.7 Å². The zero-order valence-electron chi connectivity index (χ0n) is 22.3. The van der Waals surface area contributed by atoms with Crippen LogP contribution < -0.4 is 21.9 Å². The molecule has 2 unspecified atom stereocenters. The summed E-state index contributed by atoms with van der Waals surface area (Å²) in [6, 6.07) is 0.719. The lowest BCUT2D eigenvalue weighted by Crippen LogP contribution is -2.40. The maximum atomic E-state index is 12.7. The van der Waals surface area contributed by atoms with Gasteiger partial charge in [0.05, 0.1) is 18.7 Å². The van der Waals surface area contributed by atoms with E-state index >= 15 is 0 Å². The van der Waals surface area contributed by atoms with Crippen molar-refractivity contribution in [3.63, 3.8) is 0 Å². The number of phosphoric acid groups is 3. The van der Waals surface area contributed by atoms with Gasteiger partial charge in [-0.25, -0.2) is 23.3 Å². The number of carbonyl (C=O) groups is 2. The van der Waals surface area contributed by atoms with Crippen LogP contribution in [0.4, 0.5) is 4.79 Å². The maximum Gasteiger partial charge on any atom is 0.490 e. The molecule has 21 nitrogen and oxygen atoms in total. The van der Waals surface area contributed by atoms with E-state index in [4.69, 9.17) is 19.3 Å². The minimum atomic E-state index is -5.83. The molecule has 4 rings (SSSR count). The number of aromatic amines is 1. The van der Waals surface area contributed by atoms with Crippen LogP contribution in [-0.2, 0) is 41.1 Å². The van der Waals surface area contributed by atoms with Crippen molar-refractivity contribution in [1.29, 1.82) is 0 Å². The first-order chi connectivity index (χ1) is 20.4. The molecular formula is C19H29N4O17P3S. The summed E-state index contributed by atoms with van der Waals surface area (Å²) in [5.74, 6) is -0.0694. The van der Waals surface area contributed by atoms with Gasteiger partial charge < -0.3 is 44.8 Å². The molecule has 4 heterocycles. The monoisotopic (exact) mass is 710 g/mol. The third-order valence-corrected chi connectivity index (χ3v) is 11.9. The Bertz CT molecular complexity index is 1500. The fourth-order valence-electron chi connectivity index (χ4n) is 4.80. The lowest BCUT2D eigenvalue weighted by atomic mass is 10.0. The highest BCUT2D eigenvalue weighted by molar-refractivity contribution is 8.00. The smallest absolute Gasteiger partial charge is 0.457 e. The van der Waals surface area contributed by atoms with Gasteiger partial charge in [0.25, 0.3) is 5.56 Å². The number of hydrogen-bond acceptors (Lipinski definition) is 14. The van der Waals surface area contributed by atoms with E-state index in [1.807, 2.05) is 4.98 Å². The molecular weight excluding hydrogens is 681 g/mol. The Hall–Kier alpha value is -1.90. The second-order valence-corrected chi connectivity index (χ2v) is 15.5. The van der Waals surface area contributed by atoms with Crippen molar-refractivity contribution in [3.05, 3.63) is 33.1 Å². The molecule has 9 atom stereocenters. The molecule has 25 heteroatoms. The van der Waals surface area contributed by atoms with Crippen molar-refractivity contribution in [2.24, 2.45) is 0 Å². The van der Waals surface area contributed by atoms with Crippen LogP contribution in [0.1, 0.15) is 31.9 Å². The number of nitrogens with one attached hydrogen (secondary N) is 3. The number of esters is 1. The van der Waals surface area contributed by atoms with Gasteiger partial charge in [0.15, 0.2) is 12.3 Å². The second-order valence-electron chi connectivity index (χ2n) is 9.78. The van der Waals surface area contributed by atoms with Crippen molar-refractivity contribution in [2.45, 2.75) is 67.6 Å². The number of phosphoric ester groups is 1. The summed E-state index contributed by atoms with van der Waals surface area (Å²) < 4.78 is 58.1. The van der Waals surface area contributed by atoms with E-state index in [-0.39, 0.29) is 29.8 Å². The van der Waals surface area contributed by atoms with Crippen LogP contribution in [0.15, 0.2) is 21.9 Å². The number of ether oxygens (including phenoxy) is 2. The molecule has 3 aliphatic heterocycles. The van der Waals surface area contributed by atoms with E-state index in [1.54, 1.807) is 11.8 Å². The van der Waals surface area contributed by atoms with Crippen molar-refractivity contribution in [2.75, 3.05) is 12.4 Å². The van der Waals surface area contributed by atoms with E-state index in [2.05, 4.69) is 23.8 Å². The normalized spacial score (nSPS) is 31.0. The van der Waals surface area contributed by atoms with Gasteiger partial charge in [0.2, 0.25) is 0 Å². The number of aliphatic hydroxyl groups is 1. The highest BCUT2D eigenvalue weighted by Crippen LogP contribution is 2.66. The van der Waals surface area contributed by atoms with Gasteiger partial charge in [0.1, 0.15) is 12.2 Å². The van der Waals surface area contributed by atoms with E-state index in [0.29, 0.717) is 19.3 Å². The predicted octanol–water partition coefficient (Wildman–Crippen LogP) is -1.22. The van der Waals surface area contributed by atoms with Crippen LogP contribution in [0.25, 0.3) is 0 Å². The third-order valence-electron chi connectivity index (χ3n) is 6.58. The summed E-state index contributed by atoms with van der Waals surface area (Å²) in [4.78, 5) is 86.3. The van der Waals surface area contributed by atoms with Crippen molar-refractivity contribution in [1.82, 2.24) is 20.2 Å². The molecule has 0 saturated carbocycles. The van der Waals surface area contributed by atoms with E-state index in [9.17, 15) is 47.8 Å². The Labute approximate surface area is 251 Å². The number of fused-ring (bicyclic) bond motifs is 1. The van der Waals surface area contributed by atoms with E-state index in [0.717, 1.165) is 22.6 Å². The highest BCUT2D eigenvalue weighted by atomic mass is 32.2. The number of H-pyrrole nitrogens is 1. The minimum absolute atomic E-state index is 0.0196. The van der Waals surface area contributed by atoms with Gasteiger partial charge in [-0.2, -0.15) is 20.4 Å². The van der Waals surface area contributed by atoms with E-state index < -0.39 is 71.8 Å². The number of aromatic nitrogens is 2. The van der Waals surface area contributed by atoms with Gasteiger partial charge in [0, 0.05) is 29.7 Å². The van der Waals surface area contributed by atoms with Crippen LogP contribution in [0.5, 0.6) is 0 Å². The Kier molecular flexibility index (Phi) is 11.0. The number of amides is 2. The average molecular weight is 710 g/mol. The Morgan fingerprint density at radius 1 is 1.07 bits per heavy atom. The topological polar surface area (TPSA) is 312 Å². The number of aliphatic hydroxyl groups excluding tert-OH is 1. The molecule has 1 aromatic heterocycles. The molecule has 0 aliphatic carbocycles. The molecule has 44 heavy (non-hydrogen) atoms. The summed E-state index contributed by atoms with van der Waals surface area (Å²) in [6.45, 7) is -1.09. The van der Waals surface area contributed by atoms with Crippen molar-refractivity contribution >= 4 is 47.2 Å². The zero-order chi connectivity index (χ0) is 32.4. The largest absolute Gasteiger partial charge is 0.490 e. The molecule has 2 amide bonds. The fourth-order valence-corrected chi connectivity index (χ4v) is 9.37. The zero-order valence-corrected chi connectivity index (χ0v) is 25.8. The standard InChI is InChI=1S/C19H29N4O17P3S/c24-12-5-6-23(19(28)21-12)17-15(26)16(10(37-17)7-36-42(32,33)40-43(34,35)39-41(29,30)31)38-13(25)4-2-1-3-11-14-9(8-44-11)20-18(27)22-14/h5-6,9-11,14-17,26H,1-4,7-8H2,(H,32,33)(H,34,35)(H2,20,22,27)(H,21,24,28)(H2,29,30,31)/t9-,10+,11-,14-,15+,16+,17+/m0/s1. The number of thioether (sulfide) groups is 1. The molecule has 3 saturated heterocycles. The van der Waals surface area contributed by atoms with Crippen LogP contribution in [0, 0.1) is 0 Å². The van der Waals surface area contributed by atoms with Gasteiger partial charge in [-0.15, -0.1) is 0 Å². The summed E-state index contributed by atoms with van der Waals surface area (Å²) in [5, 5.41) is 16.7. The Morgan fingerprint density at radius 3 is 2.48 bits per heavy atom. The van der Waals surface area contributed by atoms with Gasteiger partial charge in [-0.1, -0.05) is 6.42 Å². The molecule has 0 bridgehead atoms. The number of carbonyl (C=O) groups excluding carboxylic acids is 2. The van der Waals surface area contributed by atoms with Crippen LogP contribution >= 0.6 is 35.2 Å². The summed E-state index contributed by atoms with van der Waals surface area (Å²) in [5.41, 5.74) is -1.80. The molecule has 0 aromatic carbocycles. The molecule has 0 spiro atoms. The van der Waals surface area contributed by atoms with Crippen molar-refractivity contribution < 1.29 is 70.6 Å². The number of rotatable bonds is 14. The first-order valence-electron chi connectivity index (χ1n) is 12.7. The Balaban J connectivity index is 1.38. The SMILES string of the molecule is O=C1N[C@H]2[C@H](CS[C@H]2CCCCC(=O)O[C@H]2[C@@H](O)[C@H](n3ccc(=O)[nH]c3=O)O[C@@H]2COP(=O)(O)OP(=O)(O)OP(=O)(O)O)N1. The number of urea groups is 1. The van der Waals surface area contributed by atoms with Gasteiger partial charge in [-0.05, 0) is 12.8 Å². The fraction of sp³-hybridized carbons (Fsp3) is 0.684. The van der Waals surface area contributed by atoms with E-state index in [1.165, 1.54) is 0 Å². The average Bonchev–Trinajstić information content (AvgIpc) is 3.51. The highest BCUT2D eigenvalue weighted by Gasteiger charge is 2.49. The van der Waals surface area contributed by atoms with Gasteiger partial charge >= 0.3 is 41.2 Å². The maximum absolute atomic E-state index is 12.7. The van der Waals surface area contributed by atoms with Crippen LogP contribution in [0.2, 0.25) is 0 Å². The third kappa shape index (κ3) is 9.32. The quantitative estimate of drug-likeness (QED) is 0.0485. The number of hydrogen-bond donors (Lipinski definition) is 8. The lowest BCUT2D eigenvalue weighted by Gasteiger charge is -2.22. The first-order valence-corrected chi connectivity index (χ1v) is 18.3. The van der Waals surface area contributed by atoms with Crippen molar-refractivity contribution in [3.8, 4) is 0 Å². The van der Waals surface area contributed by atoms with Crippen LogP contribution in [0.3, 0.4) is 0 Å². The molecule has 3 aliphatic rings. The van der Waals surface area contributed by atoms with Crippen LogP contribution in [-0.4, -0.2) is 94.2 Å². The minimum Gasteiger partial charge on any atom is -0.457 e. The molecule has 8 N–H and O–H groups in total. The second kappa shape index (κ2) is 13.8. The molecule has 3 fully saturated rings. The summed E-state index contributed by atoms with van der Waals surface area (Å²) in [7, 11) is -17.1. The predicted molar refractivity (Wildman–Crippen MR) is 145 cm³/mol. The first kappa shape index (κ1) is 35.0. The molecule has 1 aromatic rings. The summed E-state index contributed by atoms with van der Waals surface area (Å²) in [6.07, 6.45) is -4.23. The number of nitrogens with zero attached hydrogens (tertiary/aromatic N) is 1. The lowest BCUT2D eigenvalue weighted by molar-refractivity contribution is -0.156. The number of unbranched alkanes of at least 4 members (excludes halogenated alkanes) is 1. The molecule has 0 radical (unpaired) electrons. The summed E-state index contributed by atoms with van der Waals surface area (Å²) >= 11 is 1.70. The Morgan fingerprint density at radius 2 is 1.80 bits per heavy atom.